The molecule has 0 aliphatic heterocycles. The zero-order valence-corrected chi connectivity index (χ0v) is 14.1. The van der Waals surface area contributed by atoms with Gasteiger partial charge in [-0.3, -0.25) is 4.98 Å². The Kier molecular flexibility index (Phi) is 3.77. The molecule has 0 atom stereocenters. The maximum Gasteiger partial charge on any atom is 0.190 e. The van der Waals surface area contributed by atoms with Gasteiger partial charge in [-0.05, 0) is 36.2 Å². The summed E-state index contributed by atoms with van der Waals surface area (Å²) in [7, 11) is 0. The van der Waals surface area contributed by atoms with Crippen LogP contribution in [-0.4, -0.2) is 15.0 Å². The number of hydrogen-bond donors (Lipinski definition) is 1. The molecule has 1 aromatic carbocycles. The largest absolute Gasteiger partial charge is 0.307 e. The van der Waals surface area contributed by atoms with Crippen LogP contribution in [0.4, 0.5) is 10.3 Å². The third kappa shape index (κ3) is 2.95. The molecule has 0 radical (unpaired) electrons. The second kappa shape index (κ2) is 6.06. The molecule has 0 amide bonds. The van der Waals surface area contributed by atoms with Gasteiger partial charge in [0, 0.05) is 11.6 Å². The predicted molar refractivity (Wildman–Crippen MR) is 97.6 cm³/mol. The first kappa shape index (κ1) is 14.3. The summed E-state index contributed by atoms with van der Waals surface area (Å²) in [5, 5.41) is 7.02. The van der Waals surface area contributed by atoms with Crippen LogP contribution in [0.3, 0.4) is 0 Å². The third-order valence-corrected chi connectivity index (χ3v) is 5.20. The summed E-state index contributed by atoms with van der Waals surface area (Å²) in [4.78, 5) is 13.5. The second-order valence-corrected chi connectivity index (χ2v) is 6.94. The van der Waals surface area contributed by atoms with Crippen LogP contribution in [0.1, 0.15) is 12.5 Å². The minimum atomic E-state index is 0.834. The van der Waals surface area contributed by atoms with Crippen LogP contribution < -0.4 is 5.32 Å². The summed E-state index contributed by atoms with van der Waals surface area (Å²) in [6.07, 6.45) is 2.82. The molecule has 6 heteroatoms. The molecule has 0 aliphatic carbocycles. The van der Waals surface area contributed by atoms with Crippen LogP contribution >= 0.6 is 22.7 Å². The lowest BCUT2D eigenvalue weighted by atomic mass is 10.2. The Morgan fingerprint density at radius 1 is 1.04 bits per heavy atom. The Labute approximate surface area is 141 Å². The highest BCUT2D eigenvalue weighted by Gasteiger charge is 2.09. The van der Waals surface area contributed by atoms with Crippen LogP contribution in [0.2, 0.25) is 0 Å². The number of rotatable bonds is 4. The van der Waals surface area contributed by atoms with Gasteiger partial charge in [0.15, 0.2) is 10.3 Å². The molecule has 1 N–H and O–H groups in total. The van der Waals surface area contributed by atoms with Gasteiger partial charge >= 0.3 is 0 Å². The van der Waals surface area contributed by atoms with E-state index < -0.39 is 0 Å². The first-order chi connectivity index (χ1) is 11.3. The highest BCUT2D eigenvalue weighted by molar-refractivity contribution is 7.22. The SMILES string of the molecule is CCc1ccc2nc(Nc3nc(-c4ccccn4)cs3)sc2c1. The molecule has 0 aliphatic rings. The van der Waals surface area contributed by atoms with Crippen molar-refractivity contribution >= 4 is 43.2 Å². The smallest absolute Gasteiger partial charge is 0.190 e. The number of hydrogen-bond acceptors (Lipinski definition) is 6. The van der Waals surface area contributed by atoms with Crippen LogP contribution in [0.25, 0.3) is 21.6 Å². The lowest BCUT2D eigenvalue weighted by Crippen LogP contribution is -1.88. The van der Waals surface area contributed by atoms with E-state index in [1.165, 1.54) is 10.3 Å². The van der Waals surface area contributed by atoms with Crippen molar-refractivity contribution in [1.29, 1.82) is 0 Å². The molecule has 3 aromatic heterocycles. The summed E-state index contributed by atoms with van der Waals surface area (Å²) in [5.74, 6) is 0. The van der Waals surface area contributed by atoms with E-state index in [0.717, 1.165) is 33.6 Å². The second-order valence-electron chi connectivity index (χ2n) is 5.05. The van der Waals surface area contributed by atoms with E-state index in [1.807, 2.05) is 23.6 Å². The van der Waals surface area contributed by atoms with Crippen LogP contribution in [0.15, 0.2) is 48.0 Å². The molecule has 0 saturated heterocycles. The Bertz CT molecular complexity index is 944. The molecule has 4 aromatic rings. The van der Waals surface area contributed by atoms with Gasteiger partial charge in [-0.25, -0.2) is 9.97 Å². The molecule has 3 heterocycles. The van der Waals surface area contributed by atoms with Crippen molar-refractivity contribution in [3.63, 3.8) is 0 Å². The van der Waals surface area contributed by atoms with E-state index in [-0.39, 0.29) is 0 Å². The Balaban J connectivity index is 1.60. The van der Waals surface area contributed by atoms with Gasteiger partial charge in [0.1, 0.15) is 5.69 Å². The molecule has 0 bridgehead atoms. The summed E-state index contributed by atoms with van der Waals surface area (Å²) in [6, 6.07) is 12.3. The number of aromatic nitrogens is 3. The van der Waals surface area contributed by atoms with Gasteiger partial charge in [0.2, 0.25) is 0 Å². The van der Waals surface area contributed by atoms with E-state index in [2.05, 4.69) is 45.4 Å². The Hall–Kier alpha value is -2.31. The fourth-order valence-electron chi connectivity index (χ4n) is 2.30. The molecule has 0 saturated carbocycles. The van der Waals surface area contributed by atoms with Crippen molar-refractivity contribution in [2.24, 2.45) is 0 Å². The number of benzene rings is 1. The highest BCUT2D eigenvalue weighted by Crippen LogP contribution is 2.31. The molecule has 114 valence electrons. The fraction of sp³-hybridized carbons (Fsp3) is 0.118. The first-order valence-corrected chi connectivity index (χ1v) is 9.05. The lowest BCUT2D eigenvalue weighted by molar-refractivity contribution is 1.15. The molecular formula is C17H14N4S2. The topological polar surface area (TPSA) is 50.7 Å². The summed E-state index contributed by atoms with van der Waals surface area (Å²) >= 11 is 3.22. The number of anilines is 2. The fourth-order valence-corrected chi connectivity index (χ4v) is 3.99. The van der Waals surface area contributed by atoms with E-state index in [4.69, 9.17) is 0 Å². The third-order valence-electron chi connectivity index (χ3n) is 3.51. The van der Waals surface area contributed by atoms with Gasteiger partial charge in [0.05, 0.1) is 15.9 Å². The van der Waals surface area contributed by atoms with Crippen molar-refractivity contribution in [2.45, 2.75) is 13.3 Å². The van der Waals surface area contributed by atoms with Crippen molar-refractivity contribution in [1.82, 2.24) is 15.0 Å². The average molecular weight is 338 g/mol. The minimum Gasteiger partial charge on any atom is -0.307 e. The van der Waals surface area contributed by atoms with Crippen LogP contribution in [0.5, 0.6) is 0 Å². The molecule has 4 nitrogen and oxygen atoms in total. The molecule has 4 rings (SSSR count). The van der Waals surface area contributed by atoms with E-state index in [1.54, 1.807) is 28.9 Å². The normalized spacial score (nSPS) is 11.0. The van der Waals surface area contributed by atoms with Crippen molar-refractivity contribution in [3.05, 3.63) is 53.5 Å². The summed E-state index contributed by atoms with van der Waals surface area (Å²) in [5.41, 5.74) is 4.12. The molecule has 0 fully saturated rings. The number of fused-ring (bicyclic) bond motifs is 1. The van der Waals surface area contributed by atoms with Gasteiger partial charge in [-0.1, -0.05) is 30.4 Å². The highest BCUT2D eigenvalue weighted by atomic mass is 32.1. The summed E-state index contributed by atoms with van der Waals surface area (Å²) < 4.78 is 1.20. The maximum absolute atomic E-state index is 4.62. The number of thiazole rings is 2. The average Bonchev–Trinajstić information content (AvgIpc) is 3.21. The number of nitrogens with one attached hydrogen (secondary N) is 1. The quantitative estimate of drug-likeness (QED) is 0.561. The Morgan fingerprint density at radius 3 is 2.83 bits per heavy atom. The van der Waals surface area contributed by atoms with Crippen LogP contribution in [-0.2, 0) is 6.42 Å². The van der Waals surface area contributed by atoms with Gasteiger partial charge < -0.3 is 5.32 Å². The number of pyridine rings is 1. The molecular weight excluding hydrogens is 324 g/mol. The molecule has 0 spiro atoms. The van der Waals surface area contributed by atoms with E-state index in [0.29, 0.717) is 0 Å². The van der Waals surface area contributed by atoms with Gasteiger partial charge in [-0.2, -0.15) is 0 Å². The minimum absolute atomic E-state index is 0.834. The van der Waals surface area contributed by atoms with Crippen LogP contribution in [0, 0.1) is 0 Å². The first-order valence-electron chi connectivity index (χ1n) is 7.35. The molecule has 0 unspecified atom stereocenters. The standard InChI is InChI=1S/C17H14N4S2/c1-2-11-6-7-13-15(9-11)23-17(19-13)21-16-20-14(10-22-16)12-5-3-4-8-18-12/h3-10H,2H2,1H3,(H,19,20,21). The van der Waals surface area contributed by atoms with E-state index in [9.17, 15) is 0 Å². The zero-order valence-electron chi connectivity index (χ0n) is 12.5. The van der Waals surface area contributed by atoms with Crippen molar-refractivity contribution in [3.8, 4) is 11.4 Å². The van der Waals surface area contributed by atoms with Crippen molar-refractivity contribution in [2.75, 3.05) is 5.32 Å². The van der Waals surface area contributed by atoms with Crippen molar-refractivity contribution < 1.29 is 0 Å². The lowest BCUT2D eigenvalue weighted by Gasteiger charge is -1.95. The Morgan fingerprint density at radius 2 is 2.00 bits per heavy atom. The predicted octanol–water partition coefficient (Wildman–Crippen LogP) is 5.12. The zero-order chi connectivity index (χ0) is 15.6. The van der Waals surface area contributed by atoms with Gasteiger partial charge in [-0.15, -0.1) is 11.3 Å². The number of nitrogens with zero attached hydrogens (tertiary/aromatic N) is 3. The summed E-state index contributed by atoms with van der Waals surface area (Å²) in [6.45, 7) is 2.16. The van der Waals surface area contributed by atoms with E-state index >= 15 is 0 Å². The van der Waals surface area contributed by atoms with Gasteiger partial charge in [0.25, 0.3) is 0 Å². The number of aryl methyl sites for hydroxylation is 1. The molecule has 23 heavy (non-hydrogen) atoms. The monoisotopic (exact) mass is 338 g/mol. The maximum atomic E-state index is 4.62.